The number of nitrogens with zero attached hydrogens (tertiary/aromatic N) is 1. The number of ether oxygens (including phenoxy) is 1. The molecule has 0 saturated carbocycles. The maximum absolute atomic E-state index is 12.4. The first-order valence-corrected chi connectivity index (χ1v) is 8.86. The smallest absolute Gasteiger partial charge is 0.329 e. The highest BCUT2D eigenvalue weighted by Gasteiger charge is 2.41. The van der Waals surface area contributed by atoms with Crippen LogP contribution in [0.15, 0.2) is 53.0 Å². The molecule has 0 saturated heterocycles. The first-order valence-electron chi connectivity index (χ1n) is 8.07. The summed E-state index contributed by atoms with van der Waals surface area (Å²) in [5.41, 5.74) is 1.04. The molecule has 8 heteroatoms. The van der Waals surface area contributed by atoms with Crippen LogP contribution in [0.5, 0.6) is 0 Å². The Balaban J connectivity index is 1.58. The summed E-state index contributed by atoms with van der Waals surface area (Å²) in [4.78, 5) is 49.7. The summed E-state index contributed by atoms with van der Waals surface area (Å²) in [6.07, 6.45) is 0. The Kier molecular flexibility index (Phi) is 5.36. The zero-order chi connectivity index (χ0) is 19.6. The van der Waals surface area contributed by atoms with Gasteiger partial charge in [0.25, 0.3) is 17.7 Å². The topological polar surface area (TPSA) is 92.8 Å². The first-order chi connectivity index (χ1) is 12.9. The molecule has 138 valence electrons. The number of fused-ring (bicyclic) bond motifs is 1. The van der Waals surface area contributed by atoms with Gasteiger partial charge in [0, 0.05) is 10.2 Å². The van der Waals surface area contributed by atoms with Crippen molar-refractivity contribution >= 4 is 45.3 Å². The van der Waals surface area contributed by atoms with Gasteiger partial charge in [-0.2, -0.15) is 0 Å². The zero-order valence-corrected chi connectivity index (χ0v) is 15.9. The lowest BCUT2D eigenvalue weighted by molar-refractivity contribution is -0.150. The maximum atomic E-state index is 12.4. The van der Waals surface area contributed by atoms with Crippen molar-refractivity contribution in [3.63, 3.8) is 0 Å². The van der Waals surface area contributed by atoms with E-state index in [4.69, 9.17) is 4.74 Å². The fourth-order valence-corrected chi connectivity index (χ4v) is 2.92. The molecule has 1 aliphatic rings. The quantitative estimate of drug-likeness (QED) is 0.581. The van der Waals surface area contributed by atoms with Gasteiger partial charge >= 0.3 is 5.97 Å². The molecule has 0 unspecified atom stereocenters. The minimum absolute atomic E-state index is 0.245. The Morgan fingerprint density at radius 1 is 1.04 bits per heavy atom. The third kappa shape index (κ3) is 3.90. The minimum atomic E-state index is -1.14. The number of carbonyl (C=O) groups is 4. The number of hydrogen-bond donors (Lipinski definition) is 1. The Bertz CT molecular complexity index is 891. The van der Waals surface area contributed by atoms with Crippen LogP contribution in [-0.4, -0.2) is 41.2 Å². The van der Waals surface area contributed by atoms with Crippen molar-refractivity contribution in [1.29, 1.82) is 0 Å². The van der Waals surface area contributed by atoms with Crippen LogP contribution in [0.2, 0.25) is 0 Å². The number of halogens is 1. The van der Waals surface area contributed by atoms with Crippen molar-refractivity contribution in [2.24, 2.45) is 0 Å². The second-order valence-electron chi connectivity index (χ2n) is 5.86. The van der Waals surface area contributed by atoms with Gasteiger partial charge in [-0.05, 0) is 43.3 Å². The van der Waals surface area contributed by atoms with Crippen molar-refractivity contribution in [3.05, 3.63) is 64.1 Å². The molecular formula is C19H15BrN2O5. The highest BCUT2D eigenvalue weighted by atomic mass is 79.9. The lowest BCUT2D eigenvalue weighted by atomic mass is 10.1. The summed E-state index contributed by atoms with van der Waals surface area (Å²) in [6, 6.07) is 12.1. The second kappa shape index (κ2) is 7.71. The molecule has 1 N–H and O–H groups in total. The number of hydrogen-bond acceptors (Lipinski definition) is 5. The molecule has 3 rings (SSSR count). The van der Waals surface area contributed by atoms with Gasteiger partial charge < -0.3 is 10.1 Å². The van der Waals surface area contributed by atoms with Crippen LogP contribution in [0.1, 0.15) is 27.6 Å². The number of rotatable bonds is 5. The number of amides is 3. The molecule has 1 heterocycles. The predicted octanol–water partition coefficient (Wildman–Crippen LogP) is 2.62. The summed E-state index contributed by atoms with van der Waals surface area (Å²) in [6.45, 7) is 0.860. The maximum Gasteiger partial charge on any atom is 0.329 e. The summed E-state index contributed by atoms with van der Waals surface area (Å²) >= 11 is 3.29. The molecule has 0 aliphatic carbocycles. The number of benzene rings is 2. The fraction of sp³-hybridized carbons (Fsp3) is 0.158. The van der Waals surface area contributed by atoms with Crippen molar-refractivity contribution in [3.8, 4) is 0 Å². The van der Waals surface area contributed by atoms with Gasteiger partial charge in [0.2, 0.25) is 0 Å². The number of anilines is 1. The van der Waals surface area contributed by atoms with E-state index in [-0.39, 0.29) is 11.1 Å². The number of esters is 1. The van der Waals surface area contributed by atoms with Crippen LogP contribution >= 0.6 is 15.9 Å². The molecule has 3 amide bonds. The highest BCUT2D eigenvalue weighted by Crippen LogP contribution is 2.24. The zero-order valence-electron chi connectivity index (χ0n) is 14.3. The monoisotopic (exact) mass is 430 g/mol. The Morgan fingerprint density at radius 3 is 2.15 bits per heavy atom. The van der Waals surface area contributed by atoms with E-state index < -0.39 is 36.3 Å². The van der Waals surface area contributed by atoms with E-state index in [1.54, 1.807) is 36.4 Å². The van der Waals surface area contributed by atoms with Gasteiger partial charge in [0.1, 0.15) is 6.04 Å². The molecule has 1 aliphatic heterocycles. The van der Waals surface area contributed by atoms with E-state index in [2.05, 4.69) is 21.2 Å². The SMILES string of the molecule is C[C@H](C(=O)OCC(=O)Nc1ccc(Br)cc1)N1C(=O)c2ccccc2C1=O. The largest absolute Gasteiger partial charge is 0.454 e. The van der Waals surface area contributed by atoms with E-state index in [0.717, 1.165) is 9.37 Å². The second-order valence-corrected chi connectivity index (χ2v) is 6.78. The van der Waals surface area contributed by atoms with Crippen molar-refractivity contribution in [1.82, 2.24) is 4.90 Å². The molecule has 7 nitrogen and oxygen atoms in total. The van der Waals surface area contributed by atoms with Crippen LogP contribution < -0.4 is 5.32 Å². The van der Waals surface area contributed by atoms with Crippen molar-refractivity contribution in [2.75, 3.05) is 11.9 Å². The van der Waals surface area contributed by atoms with Crippen molar-refractivity contribution < 1.29 is 23.9 Å². The first kappa shape index (κ1) is 18.8. The molecule has 0 bridgehead atoms. The minimum Gasteiger partial charge on any atom is -0.454 e. The van der Waals surface area contributed by atoms with Gasteiger partial charge in [-0.15, -0.1) is 0 Å². The van der Waals surface area contributed by atoms with Gasteiger partial charge in [-0.25, -0.2) is 4.79 Å². The molecule has 2 aromatic carbocycles. The summed E-state index contributed by atoms with van der Waals surface area (Å²) in [5.74, 6) is -2.48. The van der Waals surface area contributed by atoms with Crippen LogP contribution in [-0.2, 0) is 14.3 Å². The number of imide groups is 1. The fourth-order valence-electron chi connectivity index (χ4n) is 2.65. The van der Waals surface area contributed by atoms with Crippen molar-refractivity contribution in [2.45, 2.75) is 13.0 Å². The Hall–Kier alpha value is -3.00. The molecular weight excluding hydrogens is 416 g/mol. The molecule has 27 heavy (non-hydrogen) atoms. The van der Waals surface area contributed by atoms with Crippen LogP contribution in [0.4, 0.5) is 5.69 Å². The van der Waals surface area contributed by atoms with E-state index in [0.29, 0.717) is 5.69 Å². The van der Waals surface area contributed by atoms with Gasteiger partial charge in [-0.1, -0.05) is 28.1 Å². The average molecular weight is 431 g/mol. The third-order valence-corrected chi connectivity index (χ3v) is 4.56. The predicted molar refractivity (Wildman–Crippen MR) is 100 cm³/mol. The third-order valence-electron chi connectivity index (χ3n) is 4.03. The van der Waals surface area contributed by atoms with E-state index >= 15 is 0 Å². The summed E-state index contributed by atoms with van der Waals surface area (Å²) in [7, 11) is 0. The van der Waals surface area contributed by atoms with Crippen LogP contribution in [0.3, 0.4) is 0 Å². The lowest BCUT2D eigenvalue weighted by Gasteiger charge is -2.20. The lowest BCUT2D eigenvalue weighted by Crippen LogP contribution is -2.44. The summed E-state index contributed by atoms with van der Waals surface area (Å²) in [5, 5.41) is 2.58. The van der Waals surface area contributed by atoms with E-state index in [1.807, 2.05) is 0 Å². The molecule has 0 fully saturated rings. The van der Waals surface area contributed by atoms with Gasteiger partial charge in [-0.3, -0.25) is 19.3 Å². The molecule has 0 aromatic heterocycles. The number of carbonyl (C=O) groups excluding carboxylic acids is 4. The molecule has 0 spiro atoms. The average Bonchev–Trinajstić information content (AvgIpc) is 2.92. The molecule has 2 aromatic rings. The Labute approximate surface area is 163 Å². The van der Waals surface area contributed by atoms with Gasteiger partial charge in [0.15, 0.2) is 6.61 Å². The van der Waals surface area contributed by atoms with E-state index in [9.17, 15) is 19.2 Å². The molecule has 0 radical (unpaired) electrons. The van der Waals surface area contributed by atoms with Crippen LogP contribution in [0.25, 0.3) is 0 Å². The standard InChI is InChI=1S/C19H15BrN2O5/c1-11(22-17(24)14-4-2-3-5-15(14)18(22)25)19(26)27-10-16(23)21-13-8-6-12(20)7-9-13/h2-9,11H,10H2,1H3,(H,21,23)/t11-/m1/s1. The number of nitrogens with one attached hydrogen (secondary N) is 1. The highest BCUT2D eigenvalue weighted by molar-refractivity contribution is 9.10. The van der Waals surface area contributed by atoms with Crippen LogP contribution in [0, 0.1) is 0 Å². The summed E-state index contributed by atoms with van der Waals surface area (Å²) < 4.78 is 5.83. The van der Waals surface area contributed by atoms with Gasteiger partial charge in [0.05, 0.1) is 11.1 Å². The normalized spacial score (nSPS) is 13.9. The Morgan fingerprint density at radius 2 is 1.59 bits per heavy atom. The van der Waals surface area contributed by atoms with E-state index in [1.165, 1.54) is 19.1 Å². The molecule has 1 atom stereocenters.